The highest BCUT2D eigenvalue weighted by molar-refractivity contribution is 7.12. The first-order valence-corrected chi connectivity index (χ1v) is 6.77. The van der Waals surface area contributed by atoms with Crippen LogP contribution in [0.2, 0.25) is 0 Å². The number of aliphatic hydroxyl groups is 1. The summed E-state index contributed by atoms with van der Waals surface area (Å²) in [5.74, 6) is 0. The second-order valence-electron chi connectivity index (χ2n) is 4.42. The van der Waals surface area contributed by atoms with E-state index < -0.39 is 6.10 Å². The molecule has 0 spiro atoms. The normalized spacial score (nSPS) is 12.7. The van der Waals surface area contributed by atoms with Crippen LogP contribution >= 0.6 is 11.3 Å². The van der Waals surface area contributed by atoms with Gasteiger partial charge >= 0.3 is 0 Å². The molecule has 0 bridgehead atoms. The van der Waals surface area contributed by atoms with Gasteiger partial charge < -0.3 is 5.11 Å². The molecular weight excluding hydrogens is 228 g/mol. The van der Waals surface area contributed by atoms with E-state index in [0.717, 1.165) is 22.4 Å². The molecule has 1 heterocycles. The summed E-state index contributed by atoms with van der Waals surface area (Å²) >= 11 is 1.70. The predicted molar refractivity (Wildman–Crippen MR) is 73.7 cm³/mol. The van der Waals surface area contributed by atoms with Crippen molar-refractivity contribution in [1.82, 2.24) is 0 Å². The Kier molecular flexibility index (Phi) is 3.65. The minimum atomic E-state index is -0.485. The molecule has 0 fully saturated rings. The quantitative estimate of drug-likeness (QED) is 0.867. The number of aliphatic hydroxyl groups excluding tert-OH is 1. The topological polar surface area (TPSA) is 20.2 Å². The fourth-order valence-electron chi connectivity index (χ4n) is 2.02. The van der Waals surface area contributed by atoms with E-state index in [0.29, 0.717) is 0 Å². The van der Waals surface area contributed by atoms with Crippen molar-refractivity contribution in [2.45, 2.75) is 33.3 Å². The number of benzene rings is 1. The number of aryl methyl sites for hydroxylation is 3. The molecule has 0 radical (unpaired) electrons. The van der Waals surface area contributed by atoms with Gasteiger partial charge in [-0.3, -0.25) is 0 Å². The largest absolute Gasteiger partial charge is 0.383 e. The summed E-state index contributed by atoms with van der Waals surface area (Å²) in [6.45, 7) is 6.27. The molecule has 1 aromatic heterocycles. The summed E-state index contributed by atoms with van der Waals surface area (Å²) in [5.41, 5.74) is 3.41. The summed E-state index contributed by atoms with van der Waals surface area (Å²) in [5, 5.41) is 10.4. The van der Waals surface area contributed by atoms with Gasteiger partial charge in [0, 0.05) is 9.75 Å². The van der Waals surface area contributed by atoms with Gasteiger partial charge in [-0.25, -0.2) is 0 Å². The third kappa shape index (κ3) is 2.59. The van der Waals surface area contributed by atoms with E-state index in [1.54, 1.807) is 11.3 Å². The van der Waals surface area contributed by atoms with Gasteiger partial charge in [0.05, 0.1) is 0 Å². The molecule has 0 amide bonds. The van der Waals surface area contributed by atoms with Crippen LogP contribution in [-0.4, -0.2) is 5.11 Å². The van der Waals surface area contributed by atoms with Crippen molar-refractivity contribution < 1.29 is 5.11 Å². The zero-order valence-corrected chi connectivity index (χ0v) is 11.3. The molecule has 1 atom stereocenters. The third-order valence-electron chi connectivity index (χ3n) is 3.02. The molecule has 17 heavy (non-hydrogen) atoms. The first-order valence-electron chi connectivity index (χ1n) is 5.95. The summed E-state index contributed by atoms with van der Waals surface area (Å²) < 4.78 is 0. The maximum absolute atomic E-state index is 10.4. The molecule has 1 N–H and O–H groups in total. The zero-order chi connectivity index (χ0) is 12.4. The molecule has 1 aromatic carbocycles. The van der Waals surface area contributed by atoms with Crippen molar-refractivity contribution >= 4 is 11.3 Å². The van der Waals surface area contributed by atoms with Crippen LogP contribution in [0.1, 0.15) is 39.5 Å². The molecule has 0 aliphatic carbocycles. The van der Waals surface area contributed by atoms with E-state index in [2.05, 4.69) is 39.0 Å². The van der Waals surface area contributed by atoms with E-state index >= 15 is 0 Å². The Morgan fingerprint density at radius 3 is 2.53 bits per heavy atom. The molecule has 0 saturated carbocycles. The highest BCUT2D eigenvalue weighted by Crippen LogP contribution is 2.30. The van der Waals surface area contributed by atoms with E-state index in [1.165, 1.54) is 10.4 Å². The number of rotatable bonds is 3. The van der Waals surface area contributed by atoms with Gasteiger partial charge in [0.1, 0.15) is 6.10 Å². The van der Waals surface area contributed by atoms with Gasteiger partial charge in [0.2, 0.25) is 0 Å². The van der Waals surface area contributed by atoms with Gasteiger partial charge in [-0.15, -0.1) is 11.3 Å². The molecule has 2 aromatic rings. The van der Waals surface area contributed by atoms with Crippen LogP contribution in [0.15, 0.2) is 30.3 Å². The smallest absolute Gasteiger partial charge is 0.113 e. The van der Waals surface area contributed by atoms with Gasteiger partial charge in [-0.05, 0) is 43.5 Å². The second kappa shape index (κ2) is 5.03. The maximum atomic E-state index is 10.4. The Morgan fingerprint density at radius 1 is 1.18 bits per heavy atom. The molecule has 2 rings (SSSR count). The predicted octanol–water partition coefficient (Wildman–Crippen LogP) is 4.01. The van der Waals surface area contributed by atoms with Gasteiger partial charge in [0.25, 0.3) is 0 Å². The van der Waals surface area contributed by atoms with Crippen molar-refractivity contribution in [2.75, 3.05) is 0 Å². The lowest BCUT2D eigenvalue weighted by Gasteiger charge is -2.12. The second-order valence-corrected chi connectivity index (χ2v) is 5.62. The maximum Gasteiger partial charge on any atom is 0.113 e. The molecule has 0 saturated heterocycles. The van der Waals surface area contributed by atoms with Crippen molar-refractivity contribution in [2.24, 2.45) is 0 Å². The Morgan fingerprint density at radius 2 is 1.94 bits per heavy atom. The van der Waals surface area contributed by atoms with Crippen LogP contribution < -0.4 is 0 Å². The number of hydrogen-bond donors (Lipinski definition) is 1. The molecule has 1 nitrogen and oxygen atoms in total. The third-order valence-corrected chi connectivity index (χ3v) is 4.30. The number of thiophene rings is 1. The average molecular weight is 246 g/mol. The van der Waals surface area contributed by atoms with Gasteiger partial charge in [-0.2, -0.15) is 0 Å². The van der Waals surface area contributed by atoms with E-state index in [1.807, 2.05) is 12.1 Å². The fraction of sp³-hybridized carbons (Fsp3) is 0.333. The zero-order valence-electron chi connectivity index (χ0n) is 10.5. The standard InChI is InChI=1S/C15H18OS/c1-4-12-6-8-14(17-12)15(16)13-7-5-10(2)9-11(13)3/h5-9,15-16H,4H2,1-3H3. The highest BCUT2D eigenvalue weighted by atomic mass is 32.1. The molecule has 90 valence electrons. The van der Waals surface area contributed by atoms with Crippen LogP contribution in [0.25, 0.3) is 0 Å². The van der Waals surface area contributed by atoms with Crippen LogP contribution in [0, 0.1) is 13.8 Å². The van der Waals surface area contributed by atoms with Crippen LogP contribution in [0.4, 0.5) is 0 Å². The Balaban J connectivity index is 2.33. The van der Waals surface area contributed by atoms with Crippen LogP contribution in [0.3, 0.4) is 0 Å². The molecule has 1 unspecified atom stereocenters. The van der Waals surface area contributed by atoms with Crippen molar-refractivity contribution in [3.63, 3.8) is 0 Å². The van der Waals surface area contributed by atoms with Gasteiger partial charge in [0.15, 0.2) is 0 Å². The lowest BCUT2D eigenvalue weighted by atomic mass is 10.0. The van der Waals surface area contributed by atoms with Crippen LogP contribution in [0.5, 0.6) is 0 Å². The minimum Gasteiger partial charge on any atom is -0.383 e. The molecular formula is C15H18OS. The highest BCUT2D eigenvalue weighted by Gasteiger charge is 2.14. The first-order chi connectivity index (χ1) is 8.11. The lowest BCUT2D eigenvalue weighted by Crippen LogP contribution is -2.00. The Hall–Kier alpha value is -1.12. The summed E-state index contributed by atoms with van der Waals surface area (Å²) in [7, 11) is 0. The molecule has 0 aliphatic heterocycles. The van der Waals surface area contributed by atoms with E-state index in [4.69, 9.17) is 0 Å². The van der Waals surface area contributed by atoms with E-state index in [9.17, 15) is 5.11 Å². The molecule has 0 aliphatic rings. The summed E-state index contributed by atoms with van der Waals surface area (Å²) in [6.07, 6.45) is 0.547. The van der Waals surface area contributed by atoms with E-state index in [-0.39, 0.29) is 0 Å². The lowest BCUT2D eigenvalue weighted by molar-refractivity contribution is 0.223. The summed E-state index contributed by atoms with van der Waals surface area (Å²) in [4.78, 5) is 2.36. The summed E-state index contributed by atoms with van der Waals surface area (Å²) in [6, 6.07) is 10.3. The minimum absolute atomic E-state index is 0.485. The van der Waals surface area contributed by atoms with Gasteiger partial charge in [-0.1, -0.05) is 30.7 Å². The first kappa shape index (κ1) is 12.3. The van der Waals surface area contributed by atoms with Crippen molar-refractivity contribution in [3.05, 3.63) is 56.8 Å². The van der Waals surface area contributed by atoms with Crippen LogP contribution in [-0.2, 0) is 6.42 Å². The Bertz CT molecular complexity index is 513. The molecule has 2 heteroatoms. The Labute approximate surface area is 107 Å². The monoisotopic (exact) mass is 246 g/mol. The average Bonchev–Trinajstić information content (AvgIpc) is 2.76. The fourth-order valence-corrected chi connectivity index (χ4v) is 2.98. The SMILES string of the molecule is CCc1ccc(C(O)c2ccc(C)cc2C)s1. The number of hydrogen-bond acceptors (Lipinski definition) is 2. The van der Waals surface area contributed by atoms with Crippen molar-refractivity contribution in [3.8, 4) is 0 Å². The van der Waals surface area contributed by atoms with Crippen molar-refractivity contribution in [1.29, 1.82) is 0 Å².